The molecule has 0 unspecified atom stereocenters. The van der Waals surface area contributed by atoms with Crippen molar-refractivity contribution >= 4 is 19.0 Å². The van der Waals surface area contributed by atoms with E-state index in [0.29, 0.717) is 0 Å². The van der Waals surface area contributed by atoms with Gasteiger partial charge in [0, 0.05) is 6.20 Å². The molecule has 72 valence electrons. The first-order valence-electron chi connectivity index (χ1n) is 3.19. The summed E-state index contributed by atoms with van der Waals surface area (Å²) in [6.07, 6.45) is 2.07. The van der Waals surface area contributed by atoms with E-state index in [4.69, 9.17) is 14.9 Å². The van der Waals surface area contributed by atoms with E-state index >= 15 is 0 Å². The molecule has 0 radical (unpaired) electrons. The fraction of sp³-hybridized carbons (Fsp3) is 0.200. The minimum absolute atomic E-state index is 0.368. The second kappa shape index (κ2) is 3.29. The molecule has 0 saturated carbocycles. The van der Waals surface area contributed by atoms with Gasteiger partial charge >= 0.3 is 13.6 Å². The smallest absolute Gasteiger partial charge is 0.376 e. The molecule has 7 nitrogen and oxygen atoms in total. The molecule has 0 saturated heterocycles. The highest BCUT2D eigenvalue weighted by Crippen LogP contribution is 2.31. The van der Waals surface area contributed by atoms with E-state index in [1.807, 2.05) is 0 Å². The molecule has 0 aromatic carbocycles. The molecule has 1 rings (SSSR count). The molecule has 13 heavy (non-hydrogen) atoms. The second-order valence-corrected chi connectivity index (χ2v) is 3.89. The molecule has 3 N–H and O–H groups in total. The van der Waals surface area contributed by atoms with Gasteiger partial charge in [-0.05, 0) is 0 Å². The third kappa shape index (κ3) is 2.66. The molecule has 0 aliphatic heterocycles. The lowest BCUT2D eigenvalue weighted by atomic mass is 10.6. The number of nitrogens with zero attached hydrogens (tertiary/aromatic N) is 2. The van der Waals surface area contributed by atoms with Crippen LogP contribution >= 0.6 is 7.60 Å². The summed E-state index contributed by atoms with van der Waals surface area (Å²) in [6.45, 7) is -0.368. The van der Waals surface area contributed by atoms with Crippen molar-refractivity contribution in [2.24, 2.45) is 0 Å². The first-order valence-corrected chi connectivity index (χ1v) is 4.80. The fourth-order valence-corrected chi connectivity index (χ4v) is 1.24. The Morgan fingerprint density at radius 2 is 2.23 bits per heavy atom. The lowest BCUT2D eigenvalue weighted by Crippen LogP contribution is -2.08. The van der Waals surface area contributed by atoms with Crippen molar-refractivity contribution < 1.29 is 24.3 Å². The highest BCUT2D eigenvalue weighted by Gasteiger charge is 2.20. The van der Waals surface area contributed by atoms with Gasteiger partial charge in [0.15, 0.2) is 5.44 Å². The summed E-state index contributed by atoms with van der Waals surface area (Å²) >= 11 is 0. The Kier molecular flexibility index (Phi) is 2.51. The van der Waals surface area contributed by atoms with Gasteiger partial charge in [-0.1, -0.05) is 0 Å². The zero-order valence-electron chi connectivity index (χ0n) is 6.36. The van der Waals surface area contributed by atoms with Gasteiger partial charge in [-0.25, -0.2) is 4.98 Å². The van der Waals surface area contributed by atoms with Crippen molar-refractivity contribution in [2.45, 2.75) is 6.54 Å². The predicted octanol–water partition coefficient (Wildman–Crippen LogP) is -1.23. The third-order valence-corrected chi connectivity index (χ3v) is 2.06. The van der Waals surface area contributed by atoms with Crippen LogP contribution in [-0.4, -0.2) is 30.4 Å². The van der Waals surface area contributed by atoms with Gasteiger partial charge in [-0.3, -0.25) is 9.36 Å². The molecule has 0 atom stereocenters. The molecule has 0 fully saturated rings. The number of imidazole rings is 1. The topological polar surface area (TPSA) is 113 Å². The molecule has 1 heterocycles. The van der Waals surface area contributed by atoms with Crippen LogP contribution in [0.4, 0.5) is 0 Å². The van der Waals surface area contributed by atoms with E-state index in [1.165, 1.54) is 0 Å². The highest BCUT2D eigenvalue weighted by atomic mass is 31.2. The van der Waals surface area contributed by atoms with Crippen LogP contribution in [0.1, 0.15) is 0 Å². The summed E-state index contributed by atoms with van der Waals surface area (Å²) in [5, 5.41) is 8.34. The average molecular weight is 206 g/mol. The maximum absolute atomic E-state index is 10.6. The Bertz CT molecular complexity index is 367. The highest BCUT2D eigenvalue weighted by molar-refractivity contribution is 7.59. The standard InChI is InChI=1S/C5H7N2O5P/c8-5(9)2-7-1-4(6-3-7)13(10,11)12/h1,3H,2H2,(H,8,9)(H2,10,11,12). The number of carboxylic acids is 1. The quantitative estimate of drug-likeness (QED) is 0.534. The van der Waals surface area contributed by atoms with Crippen LogP contribution in [0, 0.1) is 0 Å². The number of aliphatic carboxylic acids is 1. The second-order valence-electron chi connectivity index (χ2n) is 2.34. The van der Waals surface area contributed by atoms with E-state index in [-0.39, 0.29) is 6.54 Å². The minimum Gasteiger partial charge on any atom is -0.480 e. The number of carboxylic acid groups (broad SMARTS) is 1. The summed E-state index contributed by atoms with van der Waals surface area (Å²) < 4.78 is 11.7. The largest absolute Gasteiger partial charge is 0.480 e. The number of aromatic nitrogens is 2. The van der Waals surface area contributed by atoms with Crippen LogP contribution in [-0.2, 0) is 15.9 Å². The monoisotopic (exact) mass is 206 g/mol. The zero-order chi connectivity index (χ0) is 10.1. The predicted molar refractivity (Wildman–Crippen MR) is 41.5 cm³/mol. The number of carbonyl (C=O) groups is 1. The molecule has 0 bridgehead atoms. The van der Waals surface area contributed by atoms with Crippen molar-refractivity contribution in [1.29, 1.82) is 0 Å². The van der Waals surface area contributed by atoms with Crippen LogP contribution in [0.25, 0.3) is 0 Å². The van der Waals surface area contributed by atoms with Gasteiger partial charge < -0.3 is 19.5 Å². The first kappa shape index (κ1) is 9.91. The molecule has 0 aliphatic carbocycles. The van der Waals surface area contributed by atoms with Crippen molar-refractivity contribution in [3.8, 4) is 0 Å². The molecule has 8 heteroatoms. The van der Waals surface area contributed by atoms with Gasteiger partial charge in [-0.15, -0.1) is 0 Å². The SMILES string of the molecule is O=C(O)Cn1cnc(P(=O)(O)O)c1. The van der Waals surface area contributed by atoms with Gasteiger partial charge in [0.05, 0.1) is 6.33 Å². The van der Waals surface area contributed by atoms with Crippen LogP contribution in [0.3, 0.4) is 0 Å². The van der Waals surface area contributed by atoms with Crippen molar-refractivity contribution in [3.63, 3.8) is 0 Å². The number of hydrogen-bond acceptors (Lipinski definition) is 3. The Morgan fingerprint density at radius 3 is 2.62 bits per heavy atom. The fourth-order valence-electron chi connectivity index (χ4n) is 0.741. The van der Waals surface area contributed by atoms with E-state index in [9.17, 15) is 9.36 Å². The van der Waals surface area contributed by atoms with E-state index in [2.05, 4.69) is 4.98 Å². The molecule has 0 amide bonds. The summed E-state index contributed by atoms with van der Waals surface area (Å²) in [5.41, 5.74) is -0.422. The van der Waals surface area contributed by atoms with Crippen LogP contribution < -0.4 is 5.44 Å². The van der Waals surface area contributed by atoms with Crippen molar-refractivity contribution in [2.75, 3.05) is 0 Å². The number of hydrogen-bond donors (Lipinski definition) is 3. The summed E-state index contributed by atoms with van der Waals surface area (Å²) in [4.78, 5) is 30.8. The summed E-state index contributed by atoms with van der Waals surface area (Å²) in [5.74, 6) is -1.10. The van der Waals surface area contributed by atoms with Crippen LogP contribution in [0.2, 0.25) is 0 Å². The van der Waals surface area contributed by atoms with Crippen molar-refractivity contribution in [3.05, 3.63) is 12.5 Å². The average Bonchev–Trinajstić information content (AvgIpc) is 2.32. The van der Waals surface area contributed by atoms with E-state index in [0.717, 1.165) is 17.1 Å². The number of rotatable bonds is 3. The zero-order valence-corrected chi connectivity index (χ0v) is 7.26. The van der Waals surface area contributed by atoms with E-state index in [1.54, 1.807) is 0 Å². The third-order valence-electron chi connectivity index (χ3n) is 1.24. The Labute approximate surface area is 72.8 Å². The summed E-state index contributed by atoms with van der Waals surface area (Å²) in [7, 11) is -4.37. The van der Waals surface area contributed by atoms with Crippen molar-refractivity contribution in [1.82, 2.24) is 9.55 Å². The lowest BCUT2D eigenvalue weighted by Gasteiger charge is -1.96. The summed E-state index contributed by atoms with van der Waals surface area (Å²) in [6, 6.07) is 0. The molecule has 1 aromatic rings. The van der Waals surface area contributed by atoms with Crippen LogP contribution in [0.5, 0.6) is 0 Å². The first-order chi connectivity index (χ1) is 5.89. The maximum atomic E-state index is 10.6. The molecular weight excluding hydrogens is 199 g/mol. The lowest BCUT2D eigenvalue weighted by molar-refractivity contribution is -0.137. The Balaban J connectivity index is 2.87. The van der Waals surface area contributed by atoms with Crippen LogP contribution in [0.15, 0.2) is 12.5 Å². The van der Waals surface area contributed by atoms with Gasteiger partial charge in [0.1, 0.15) is 6.54 Å². The van der Waals surface area contributed by atoms with E-state index < -0.39 is 19.0 Å². The minimum atomic E-state index is -4.37. The normalized spacial score (nSPS) is 11.5. The Morgan fingerprint density at radius 1 is 1.62 bits per heavy atom. The van der Waals surface area contributed by atoms with Gasteiger partial charge in [-0.2, -0.15) is 0 Å². The Hall–Kier alpha value is -1.17. The molecule has 0 aliphatic rings. The molecule has 0 spiro atoms. The van der Waals surface area contributed by atoms with Gasteiger partial charge in [0.25, 0.3) is 0 Å². The molecule has 1 aromatic heterocycles. The van der Waals surface area contributed by atoms with Gasteiger partial charge in [0.2, 0.25) is 0 Å². The molecular formula is C5H7N2O5P. The maximum Gasteiger partial charge on any atom is 0.376 e.